The first-order valence-electron chi connectivity index (χ1n) is 13.2. The van der Waals surface area contributed by atoms with Crippen molar-refractivity contribution in [2.24, 2.45) is 0 Å². The Bertz CT molecular complexity index is 1560. The van der Waals surface area contributed by atoms with E-state index in [-0.39, 0.29) is 16.5 Å². The van der Waals surface area contributed by atoms with Gasteiger partial charge in [0.2, 0.25) is 0 Å². The number of sulfonamides is 1. The number of amides is 1. The third-order valence-corrected chi connectivity index (χ3v) is 9.41. The van der Waals surface area contributed by atoms with E-state index in [0.717, 1.165) is 55.4 Å². The van der Waals surface area contributed by atoms with E-state index in [4.69, 9.17) is 4.98 Å². The van der Waals surface area contributed by atoms with Crippen LogP contribution in [0, 0.1) is 6.92 Å². The molecule has 0 radical (unpaired) electrons. The fourth-order valence-electron chi connectivity index (χ4n) is 4.59. The monoisotopic (exact) mass is 563 g/mol. The van der Waals surface area contributed by atoms with Crippen molar-refractivity contribution in [3.63, 3.8) is 0 Å². The van der Waals surface area contributed by atoms with E-state index in [1.807, 2.05) is 6.92 Å². The van der Waals surface area contributed by atoms with Crippen molar-refractivity contribution in [2.75, 3.05) is 48.9 Å². The Hall–Kier alpha value is -3.47. The molecular formula is C29H33N5O3S2. The highest BCUT2D eigenvalue weighted by Crippen LogP contribution is 2.30. The Kier molecular flexibility index (Phi) is 8.15. The van der Waals surface area contributed by atoms with Crippen LogP contribution in [0.3, 0.4) is 0 Å². The third-order valence-electron chi connectivity index (χ3n) is 6.95. The number of fused-ring (bicyclic) bond motifs is 1. The van der Waals surface area contributed by atoms with Gasteiger partial charge >= 0.3 is 0 Å². The number of thiazole rings is 1. The Morgan fingerprint density at radius 3 is 2.49 bits per heavy atom. The number of carbonyl (C=O) groups is 1. The number of nitrogens with zero attached hydrogens (tertiary/aromatic N) is 3. The second kappa shape index (κ2) is 11.7. The maximum Gasteiger partial charge on any atom is 0.261 e. The van der Waals surface area contributed by atoms with Crippen LogP contribution in [0.25, 0.3) is 10.2 Å². The molecule has 0 aliphatic carbocycles. The van der Waals surface area contributed by atoms with E-state index in [9.17, 15) is 13.2 Å². The fourth-order valence-corrected chi connectivity index (χ4v) is 6.75. The summed E-state index contributed by atoms with van der Waals surface area (Å²) in [6.07, 6.45) is 1.02. The first-order valence-corrected chi connectivity index (χ1v) is 15.5. The Morgan fingerprint density at radius 2 is 1.74 bits per heavy atom. The molecule has 3 aromatic carbocycles. The van der Waals surface area contributed by atoms with E-state index in [0.29, 0.717) is 12.1 Å². The van der Waals surface area contributed by atoms with Gasteiger partial charge in [0, 0.05) is 39.3 Å². The SMILES string of the molecule is CCc1ccc2nc(N3CCN(CCNC(=O)c4ccccc4NS(=O)(=O)c4ccc(C)cc4)CC3)sc2c1. The molecule has 0 spiro atoms. The maximum absolute atomic E-state index is 13.0. The predicted octanol–water partition coefficient (Wildman–Crippen LogP) is 4.52. The van der Waals surface area contributed by atoms with Crippen molar-refractivity contribution in [1.29, 1.82) is 0 Å². The van der Waals surface area contributed by atoms with Crippen LogP contribution in [0.4, 0.5) is 10.8 Å². The summed E-state index contributed by atoms with van der Waals surface area (Å²) in [5, 5.41) is 4.02. The molecule has 2 heterocycles. The number of aryl methyl sites for hydroxylation is 2. The first-order chi connectivity index (χ1) is 18.8. The Morgan fingerprint density at radius 1 is 1.00 bits per heavy atom. The molecule has 5 rings (SSSR count). The molecule has 1 saturated heterocycles. The lowest BCUT2D eigenvalue weighted by atomic mass is 10.1. The minimum atomic E-state index is -3.81. The van der Waals surface area contributed by atoms with Crippen molar-refractivity contribution in [1.82, 2.24) is 15.2 Å². The summed E-state index contributed by atoms with van der Waals surface area (Å²) in [5.74, 6) is -0.309. The average Bonchev–Trinajstić information content (AvgIpc) is 3.37. The van der Waals surface area contributed by atoms with Gasteiger partial charge in [-0.2, -0.15) is 0 Å². The largest absolute Gasteiger partial charge is 0.351 e. The topological polar surface area (TPSA) is 94.6 Å². The number of aromatic nitrogens is 1. The lowest BCUT2D eigenvalue weighted by Gasteiger charge is -2.34. The molecule has 10 heteroatoms. The predicted molar refractivity (Wildman–Crippen MR) is 158 cm³/mol. The number of rotatable bonds is 9. The number of piperazine rings is 1. The second-order valence-corrected chi connectivity index (χ2v) is 12.4. The number of carbonyl (C=O) groups excluding carboxylic acids is 1. The quantitative estimate of drug-likeness (QED) is 0.311. The van der Waals surface area contributed by atoms with Crippen molar-refractivity contribution < 1.29 is 13.2 Å². The lowest BCUT2D eigenvalue weighted by molar-refractivity contribution is 0.0948. The van der Waals surface area contributed by atoms with Crippen LogP contribution in [0.5, 0.6) is 0 Å². The third kappa shape index (κ3) is 6.41. The maximum atomic E-state index is 13.0. The Labute approximate surface area is 233 Å². The lowest BCUT2D eigenvalue weighted by Crippen LogP contribution is -2.48. The fraction of sp³-hybridized carbons (Fsp3) is 0.310. The minimum Gasteiger partial charge on any atom is -0.351 e. The summed E-state index contributed by atoms with van der Waals surface area (Å²) >= 11 is 1.75. The van der Waals surface area contributed by atoms with Crippen molar-refractivity contribution >= 4 is 48.3 Å². The summed E-state index contributed by atoms with van der Waals surface area (Å²) in [5.41, 5.74) is 3.90. The van der Waals surface area contributed by atoms with E-state index in [1.165, 1.54) is 10.3 Å². The number of benzene rings is 3. The normalized spacial score (nSPS) is 14.5. The molecule has 8 nitrogen and oxygen atoms in total. The van der Waals surface area contributed by atoms with Gasteiger partial charge in [-0.05, 0) is 55.3 Å². The molecular weight excluding hydrogens is 530 g/mol. The van der Waals surface area contributed by atoms with E-state index in [2.05, 4.69) is 45.0 Å². The van der Waals surface area contributed by atoms with Crippen molar-refractivity contribution in [2.45, 2.75) is 25.2 Å². The van der Waals surface area contributed by atoms with Crippen LogP contribution in [-0.4, -0.2) is 63.5 Å². The van der Waals surface area contributed by atoms with Crippen LogP contribution in [0.2, 0.25) is 0 Å². The van der Waals surface area contributed by atoms with E-state index in [1.54, 1.807) is 59.9 Å². The molecule has 1 fully saturated rings. The molecule has 0 atom stereocenters. The molecule has 0 unspecified atom stereocenters. The summed E-state index contributed by atoms with van der Waals surface area (Å²) in [7, 11) is -3.81. The second-order valence-electron chi connectivity index (χ2n) is 9.70. The highest BCUT2D eigenvalue weighted by atomic mass is 32.2. The number of nitrogens with one attached hydrogen (secondary N) is 2. The zero-order valence-corrected chi connectivity index (χ0v) is 23.8. The van der Waals surface area contributed by atoms with Crippen LogP contribution in [0.15, 0.2) is 71.6 Å². The van der Waals surface area contributed by atoms with Gasteiger partial charge < -0.3 is 10.2 Å². The number of hydrogen-bond acceptors (Lipinski definition) is 7. The molecule has 204 valence electrons. The van der Waals surface area contributed by atoms with Gasteiger partial charge in [0.25, 0.3) is 15.9 Å². The average molecular weight is 564 g/mol. The molecule has 0 saturated carbocycles. The van der Waals surface area contributed by atoms with Gasteiger partial charge in [-0.3, -0.25) is 14.4 Å². The molecule has 2 N–H and O–H groups in total. The van der Waals surface area contributed by atoms with Gasteiger partial charge in [0.1, 0.15) is 0 Å². The molecule has 1 aromatic heterocycles. The molecule has 1 aliphatic rings. The van der Waals surface area contributed by atoms with E-state index >= 15 is 0 Å². The molecule has 4 aromatic rings. The smallest absolute Gasteiger partial charge is 0.261 e. The summed E-state index contributed by atoms with van der Waals surface area (Å²) in [6, 6.07) is 19.8. The summed E-state index contributed by atoms with van der Waals surface area (Å²) in [6.45, 7) is 8.80. The standard InChI is InChI=1S/C29H33N5O3S2/c1-3-22-10-13-26-27(20-22)38-29(31-26)34-18-16-33(17-19-34)15-14-30-28(35)24-6-4-5-7-25(24)32-39(36,37)23-11-8-21(2)9-12-23/h4-13,20,32H,3,14-19H2,1-2H3,(H,30,35). The molecule has 1 amide bonds. The number of anilines is 2. The zero-order chi connectivity index (χ0) is 27.4. The van der Waals surface area contributed by atoms with Crippen LogP contribution in [0.1, 0.15) is 28.4 Å². The van der Waals surface area contributed by atoms with Crippen LogP contribution in [-0.2, 0) is 16.4 Å². The van der Waals surface area contributed by atoms with Crippen LogP contribution >= 0.6 is 11.3 Å². The molecule has 39 heavy (non-hydrogen) atoms. The Balaban J connectivity index is 1.13. The first kappa shape index (κ1) is 27.1. The number of hydrogen-bond donors (Lipinski definition) is 2. The van der Waals surface area contributed by atoms with Gasteiger partial charge in [-0.15, -0.1) is 0 Å². The highest BCUT2D eigenvalue weighted by Gasteiger charge is 2.21. The summed E-state index contributed by atoms with van der Waals surface area (Å²) in [4.78, 5) is 22.6. The molecule has 1 aliphatic heterocycles. The minimum absolute atomic E-state index is 0.152. The van der Waals surface area contributed by atoms with Crippen molar-refractivity contribution in [3.05, 3.63) is 83.4 Å². The van der Waals surface area contributed by atoms with Gasteiger partial charge in [-0.1, -0.05) is 54.2 Å². The molecule has 0 bridgehead atoms. The van der Waals surface area contributed by atoms with Crippen molar-refractivity contribution in [3.8, 4) is 0 Å². The van der Waals surface area contributed by atoms with Crippen LogP contribution < -0.4 is 14.9 Å². The highest BCUT2D eigenvalue weighted by molar-refractivity contribution is 7.92. The van der Waals surface area contributed by atoms with Gasteiger partial charge in [0.05, 0.1) is 26.4 Å². The zero-order valence-electron chi connectivity index (χ0n) is 22.2. The summed E-state index contributed by atoms with van der Waals surface area (Å²) < 4.78 is 29.5. The van der Waals surface area contributed by atoms with Gasteiger partial charge in [-0.25, -0.2) is 13.4 Å². The number of para-hydroxylation sites is 1. The van der Waals surface area contributed by atoms with Gasteiger partial charge in [0.15, 0.2) is 5.13 Å². The van der Waals surface area contributed by atoms with E-state index < -0.39 is 10.0 Å².